The summed E-state index contributed by atoms with van der Waals surface area (Å²) in [5, 5.41) is 4.03. The standard InChI is InChI=1S/C13H11Cl2FN2/c1-17-12(13-11(16)3-2-6-18-13)9-5-4-8(14)7-10(9)15/h2-7,12,17H,1H3. The molecule has 1 aromatic heterocycles. The molecule has 5 heteroatoms. The molecule has 0 aliphatic carbocycles. The van der Waals surface area contributed by atoms with Crippen LogP contribution < -0.4 is 5.32 Å². The van der Waals surface area contributed by atoms with Crippen LogP contribution in [0.3, 0.4) is 0 Å². The highest BCUT2D eigenvalue weighted by Crippen LogP contribution is 2.30. The molecule has 2 rings (SSSR count). The summed E-state index contributed by atoms with van der Waals surface area (Å²) >= 11 is 12.0. The van der Waals surface area contributed by atoms with Crippen LogP contribution in [-0.2, 0) is 0 Å². The number of halogens is 3. The average molecular weight is 285 g/mol. The summed E-state index contributed by atoms with van der Waals surface area (Å²) in [5.41, 5.74) is 1.05. The van der Waals surface area contributed by atoms with Crippen LogP contribution in [-0.4, -0.2) is 12.0 Å². The van der Waals surface area contributed by atoms with Crippen LogP contribution in [0.2, 0.25) is 10.0 Å². The molecule has 1 atom stereocenters. The van der Waals surface area contributed by atoms with E-state index in [2.05, 4.69) is 10.3 Å². The first-order valence-electron chi connectivity index (χ1n) is 5.36. The molecule has 1 unspecified atom stereocenters. The number of pyridine rings is 1. The molecule has 0 amide bonds. The van der Waals surface area contributed by atoms with Crippen molar-refractivity contribution in [3.63, 3.8) is 0 Å². The van der Waals surface area contributed by atoms with Crippen molar-refractivity contribution in [3.05, 3.63) is 63.6 Å². The molecule has 2 nitrogen and oxygen atoms in total. The van der Waals surface area contributed by atoms with Crippen LogP contribution in [0.5, 0.6) is 0 Å². The topological polar surface area (TPSA) is 24.9 Å². The van der Waals surface area contributed by atoms with Crippen LogP contribution in [0.4, 0.5) is 4.39 Å². The smallest absolute Gasteiger partial charge is 0.146 e. The third-order valence-corrected chi connectivity index (χ3v) is 3.18. The molecule has 1 heterocycles. The first-order chi connectivity index (χ1) is 8.63. The summed E-state index contributed by atoms with van der Waals surface area (Å²) in [4.78, 5) is 4.06. The predicted molar refractivity (Wildman–Crippen MR) is 71.6 cm³/mol. The van der Waals surface area contributed by atoms with E-state index in [0.29, 0.717) is 15.7 Å². The summed E-state index contributed by atoms with van der Waals surface area (Å²) in [6.45, 7) is 0. The first kappa shape index (κ1) is 13.3. The lowest BCUT2D eigenvalue weighted by Gasteiger charge is -2.18. The minimum Gasteiger partial charge on any atom is -0.308 e. The quantitative estimate of drug-likeness (QED) is 0.926. The Morgan fingerprint density at radius 2 is 2.06 bits per heavy atom. The van der Waals surface area contributed by atoms with Gasteiger partial charge in [-0.1, -0.05) is 29.3 Å². The number of hydrogen-bond acceptors (Lipinski definition) is 2. The van der Waals surface area contributed by atoms with Crippen molar-refractivity contribution in [1.82, 2.24) is 10.3 Å². The maximum Gasteiger partial charge on any atom is 0.146 e. The third-order valence-electron chi connectivity index (χ3n) is 2.62. The van der Waals surface area contributed by atoms with Gasteiger partial charge in [0.2, 0.25) is 0 Å². The van der Waals surface area contributed by atoms with Crippen molar-refractivity contribution >= 4 is 23.2 Å². The SMILES string of the molecule is CNC(c1ccc(Cl)cc1Cl)c1ncccc1F. The van der Waals surface area contributed by atoms with Gasteiger partial charge >= 0.3 is 0 Å². The van der Waals surface area contributed by atoms with Gasteiger partial charge in [0.25, 0.3) is 0 Å². The molecule has 1 N–H and O–H groups in total. The van der Waals surface area contributed by atoms with Gasteiger partial charge < -0.3 is 5.32 Å². The Morgan fingerprint density at radius 1 is 1.28 bits per heavy atom. The molecule has 94 valence electrons. The second kappa shape index (κ2) is 5.65. The van der Waals surface area contributed by atoms with Gasteiger partial charge in [-0.15, -0.1) is 0 Å². The number of rotatable bonds is 3. The zero-order chi connectivity index (χ0) is 13.1. The van der Waals surface area contributed by atoms with Gasteiger partial charge in [0, 0.05) is 16.2 Å². The lowest BCUT2D eigenvalue weighted by molar-refractivity contribution is 0.560. The fraction of sp³-hybridized carbons (Fsp3) is 0.154. The van der Waals surface area contributed by atoms with Crippen LogP contribution in [0.15, 0.2) is 36.5 Å². The lowest BCUT2D eigenvalue weighted by Crippen LogP contribution is -2.20. The van der Waals surface area contributed by atoms with E-state index in [-0.39, 0.29) is 5.82 Å². The third kappa shape index (κ3) is 2.64. The van der Waals surface area contributed by atoms with Crippen LogP contribution in [0.25, 0.3) is 0 Å². The van der Waals surface area contributed by atoms with Crippen molar-refractivity contribution in [1.29, 1.82) is 0 Å². The molecule has 2 aromatic rings. The van der Waals surface area contributed by atoms with E-state index in [9.17, 15) is 4.39 Å². The minimum absolute atomic E-state index is 0.309. The van der Waals surface area contributed by atoms with Crippen molar-refractivity contribution in [2.75, 3.05) is 7.05 Å². The first-order valence-corrected chi connectivity index (χ1v) is 6.11. The van der Waals surface area contributed by atoms with E-state index in [1.807, 2.05) is 0 Å². The molecule has 0 aliphatic heterocycles. The molecule has 0 radical (unpaired) electrons. The van der Waals surface area contributed by atoms with Crippen molar-refractivity contribution in [3.8, 4) is 0 Å². The molecule has 0 spiro atoms. The summed E-state index contributed by atoms with van der Waals surface area (Å²) in [7, 11) is 1.73. The second-order valence-electron chi connectivity index (χ2n) is 3.76. The van der Waals surface area contributed by atoms with Crippen molar-refractivity contribution < 1.29 is 4.39 Å². The average Bonchev–Trinajstić information content (AvgIpc) is 2.34. The second-order valence-corrected chi connectivity index (χ2v) is 4.60. The molecule has 0 aliphatic rings. The Balaban J connectivity index is 2.49. The maximum atomic E-state index is 13.8. The van der Waals surface area contributed by atoms with Gasteiger partial charge in [-0.2, -0.15) is 0 Å². The zero-order valence-corrected chi connectivity index (χ0v) is 11.1. The monoisotopic (exact) mass is 284 g/mol. The molecular weight excluding hydrogens is 274 g/mol. The molecular formula is C13H11Cl2FN2. The number of nitrogens with one attached hydrogen (secondary N) is 1. The fourth-order valence-electron chi connectivity index (χ4n) is 1.79. The number of nitrogens with zero attached hydrogens (tertiary/aromatic N) is 1. The molecule has 1 aromatic carbocycles. The summed E-state index contributed by atoms with van der Waals surface area (Å²) in [6.07, 6.45) is 1.55. The van der Waals surface area contributed by atoms with Gasteiger partial charge in [0.05, 0.1) is 11.7 Å². The fourth-order valence-corrected chi connectivity index (χ4v) is 2.30. The Kier molecular flexibility index (Phi) is 4.17. The van der Waals surface area contributed by atoms with Crippen LogP contribution in [0, 0.1) is 5.82 Å². The Hall–Kier alpha value is -1.16. The summed E-state index contributed by atoms with van der Waals surface area (Å²) in [5.74, 6) is -0.372. The van der Waals surface area contributed by atoms with E-state index in [1.54, 1.807) is 37.5 Å². The van der Waals surface area contributed by atoms with Crippen LogP contribution in [0.1, 0.15) is 17.3 Å². The van der Waals surface area contributed by atoms with Gasteiger partial charge in [-0.3, -0.25) is 4.98 Å². The largest absolute Gasteiger partial charge is 0.308 e. The van der Waals surface area contributed by atoms with E-state index < -0.39 is 6.04 Å². The highest BCUT2D eigenvalue weighted by atomic mass is 35.5. The predicted octanol–water partition coefficient (Wildman–Crippen LogP) is 3.84. The Morgan fingerprint density at radius 3 is 2.67 bits per heavy atom. The lowest BCUT2D eigenvalue weighted by atomic mass is 10.0. The molecule has 0 saturated heterocycles. The highest BCUT2D eigenvalue weighted by molar-refractivity contribution is 6.35. The van der Waals surface area contributed by atoms with Gasteiger partial charge in [-0.25, -0.2) is 4.39 Å². The van der Waals surface area contributed by atoms with Crippen molar-refractivity contribution in [2.45, 2.75) is 6.04 Å². The van der Waals surface area contributed by atoms with E-state index in [0.717, 1.165) is 5.56 Å². The number of aromatic nitrogens is 1. The Bertz CT molecular complexity index is 560. The number of hydrogen-bond donors (Lipinski definition) is 1. The van der Waals surface area contributed by atoms with Gasteiger partial charge in [0.15, 0.2) is 0 Å². The van der Waals surface area contributed by atoms with E-state index in [4.69, 9.17) is 23.2 Å². The summed E-state index contributed by atoms with van der Waals surface area (Å²) < 4.78 is 13.8. The van der Waals surface area contributed by atoms with E-state index in [1.165, 1.54) is 6.07 Å². The minimum atomic E-state index is -0.407. The normalized spacial score (nSPS) is 12.4. The van der Waals surface area contributed by atoms with E-state index >= 15 is 0 Å². The zero-order valence-electron chi connectivity index (χ0n) is 9.62. The maximum absolute atomic E-state index is 13.8. The highest BCUT2D eigenvalue weighted by Gasteiger charge is 2.19. The Labute approximate surface area is 115 Å². The molecule has 0 fully saturated rings. The molecule has 0 bridgehead atoms. The number of benzene rings is 1. The van der Waals surface area contributed by atoms with Crippen LogP contribution >= 0.6 is 23.2 Å². The van der Waals surface area contributed by atoms with Crippen molar-refractivity contribution in [2.24, 2.45) is 0 Å². The molecule has 0 saturated carbocycles. The summed E-state index contributed by atoms with van der Waals surface area (Å²) in [6, 6.07) is 7.62. The van der Waals surface area contributed by atoms with Gasteiger partial charge in [-0.05, 0) is 36.9 Å². The molecule has 18 heavy (non-hydrogen) atoms. The van der Waals surface area contributed by atoms with Gasteiger partial charge in [0.1, 0.15) is 5.82 Å².